The van der Waals surface area contributed by atoms with E-state index in [4.69, 9.17) is 0 Å². The van der Waals surface area contributed by atoms with Crippen LogP contribution in [0.15, 0.2) is 30.3 Å². The fourth-order valence-corrected chi connectivity index (χ4v) is 3.74. The smallest absolute Gasteiger partial charge is 0.252 e. The Labute approximate surface area is 137 Å². The maximum absolute atomic E-state index is 12.2. The van der Waals surface area contributed by atoms with Crippen molar-refractivity contribution in [3.63, 3.8) is 0 Å². The minimum Gasteiger partial charge on any atom is -0.392 e. The number of hydrogen-bond donors (Lipinski definition) is 3. The number of carbonyl (C=O) groups is 1. The molecule has 5 nitrogen and oxygen atoms in total. The second-order valence-electron chi connectivity index (χ2n) is 6.91. The molecule has 5 heteroatoms. The van der Waals surface area contributed by atoms with Gasteiger partial charge in [-0.3, -0.25) is 9.69 Å². The average molecular weight is 318 g/mol. The monoisotopic (exact) mass is 318 g/mol. The van der Waals surface area contributed by atoms with E-state index in [1.165, 1.54) is 5.56 Å². The van der Waals surface area contributed by atoms with Crippen molar-refractivity contribution in [3.8, 4) is 0 Å². The van der Waals surface area contributed by atoms with Crippen molar-refractivity contribution in [2.24, 2.45) is 0 Å². The van der Waals surface area contributed by atoms with Crippen LogP contribution in [-0.4, -0.2) is 51.9 Å². The lowest BCUT2D eigenvalue weighted by molar-refractivity contribution is -0.139. The number of nitrogens with one attached hydrogen (secondary N) is 1. The van der Waals surface area contributed by atoms with Gasteiger partial charge in [-0.15, -0.1) is 0 Å². The SMILES string of the molecule is O=C(NCC1CC(O)CN1Cc1ccccc1)C1(O)CCCC1. The van der Waals surface area contributed by atoms with E-state index in [-0.39, 0.29) is 18.1 Å². The first-order chi connectivity index (χ1) is 11.1. The van der Waals surface area contributed by atoms with Gasteiger partial charge in [0.2, 0.25) is 0 Å². The highest BCUT2D eigenvalue weighted by Crippen LogP contribution is 2.29. The summed E-state index contributed by atoms with van der Waals surface area (Å²) in [7, 11) is 0. The largest absolute Gasteiger partial charge is 0.392 e. The normalized spacial score (nSPS) is 27.2. The molecule has 1 heterocycles. The lowest BCUT2D eigenvalue weighted by Crippen LogP contribution is -2.48. The molecule has 3 rings (SSSR count). The van der Waals surface area contributed by atoms with Crippen LogP contribution in [0.2, 0.25) is 0 Å². The Morgan fingerprint density at radius 3 is 2.65 bits per heavy atom. The number of nitrogens with zero attached hydrogens (tertiary/aromatic N) is 1. The summed E-state index contributed by atoms with van der Waals surface area (Å²) in [6.07, 6.45) is 3.24. The number of likely N-dealkylation sites (tertiary alicyclic amines) is 1. The van der Waals surface area contributed by atoms with Crippen LogP contribution in [0.3, 0.4) is 0 Å². The molecule has 2 aliphatic rings. The third-order valence-corrected chi connectivity index (χ3v) is 5.09. The Hall–Kier alpha value is -1.43. The summed E-state index contributed by atoms with van der Waals surface area (Å²) in [6.45, 7) is 1.87. The third kappa shape index (κ3) is 3.91. The molecule has 1 saturated carbocycles. The highest BCUT2D eigenvalue weighted by atomic mass is 16.3. The number of hydrogen-bond acceptors (Lipinski definition) is 4. The fraction of sp³-hybridized carbons (Fsp3) is 0.611. The van der Waals surface area contributed by atoms with Crippen molar-refractivity contribution >= 4 is 5.91 Å². The zero-order valence-electron chi connectivity index (χ0n) is 13.4. The molecule has 1 aliphatic heterocycles. The number of rotatable bonds is 5. The molecule has 126 valence electrons. The number of benzene rings is 1. The summed E-state index contributed by atoms with van der Waals surface area (Å²) in [5.74, 6) is -0.254. The van der Waals surface area contributed by atoms with E-state index in [9.17, 15) is 15.0 Å². The Bertz CT molecular complexity index is 528. The van der Waals surface area contributed by atoms with Crippen LogP contribution >= 0.6 is 0 Å². The molecule has 0 aromatic heterocycles. The highest BCUT2D eigenvalue weighted by molar-refractivity contribution is 5.85. The van der Waals surface area contributed by atoms with Crippen molar-refractivity contribution in [3.05, 3.63) is 35.9 Å². The predicted molar refractivity (Wildman–Crippen MR) is 87.7 cm³/mol. The summed E-state index contributed by atoms with van der Waals surface area (Å²) in [4.78, 5) is 14.4. The van der Waals surface area contributed by atoms with Crippen molar-refractivity contribution in [2.75, 3.05) is 13.1 Å². The molecular formula is C18H26N2O3. The van der Waals surface area contributed by atoms with Crippen LogP contribution in [-0.2, 0) is 11.3 Å². The molecule has 3 N–H and O–H groups in total. The highest BCUT2D eigenvalue weighted by Gasteiger charge is 2.39. The van der Waals surface area contributed by atoms with Gasteiger partial charge in [-0.1, -0.05) is 30.3 Å². The van der Waals surface area contributed by atoms with E-state index in [1.54, 1.807) is 0 Å². The van der Waals surface area contributed by atoms with Gasteiger partial charge in [0.1, 0.15) is 5.60 Å². The standard InChI is InChI=1S/C18H26N2O3/c21-16-10-15(11-19-17(22)18(23)8-4-5-9-18)20(13-16)12-14-6-2-1-3-7-14/h1-3,6-7,15-16,21,23H,4-5,8-13H2,(H,19,22). The quantitative estimate of drug-likeness (QED) is 0.758. The van der Waals surface area contributed by atoms with Crippen molar-refractivity contribution < 1.29 is 15.0 Å². The van der Waals surface area contributed by atoms with Gasteiger partial charge in [0, 0.05) is 25.7 Å². The molecule has 23 heavy (non-hydrogen) atoms. The van der Waals surface area contributed by atoms with Crippen LogP contribution in [0.1, 0.15) is 37.7 Å². The van der Waals surface area contributed by atoms with Gasteiger partial charge >= 0.3 is 0 Å². The van der Waals surface area contributed by atoms with E-state index < -0.39 is 5.60 Å². The van der Waals surface area contributed by atoms with Crippen molar-refractivity contribution in [1.82, 2.24) is 10.2 Å². The first-order valence-electron chi connectivity index (χ1n) is 8.53. The molecule has 2 fully saturated rings. The first-order valence-corrected chi connectivity index (χ1v) is 8.53. The summed E-state index contributed by atoms with van der Waals surface area (Å²) in [5.41, 5.74) is 0.0222. The molecular weight excluding hydrogens is 292 g/mol. The minimum absolute atomic E-state index is 0.110. The van der Waals surface area contributed by atoms with E-state index in [1.807, 2.05) is 18.2 Å². The van der Waals surface area contributed by atoms with Crippen LogP contribution in [0, 0.1) is 0 Å². The summed E-state index contributed by atoms with van der Waals surface area (Å²) in [5, 5.41) is 23.2. The molecule has 1 amide bonds. The molecule has 2 unspecified atom stereocenters. The zero-order valence-corrected chi connectivity index (χ0v) is 13.4. The van der Waals surface area contributed by atoms with Gasteiger partial charge in [-0.05, 0) is 37.7 Å². The van der Waals surface area contributed by atoms with Crippen LogP contribution in [0.4, 0.5) is 0 Å². The van der Waals surface area contributed by atoms with Gasteiger partial charge in [-0.25, -0.2) is 0 Å². The van der Waals surface area contributed by atoms with E-state index in [0.717, 1.165) is 19.4 Å². The predicted octanol–water partition coefficient (Wildman–Crippen LogP) is 1.04. The summed E-state index contributed by atoms with van der Waals surface area (Å²) in [6, 6.07) is 10.3. The van der Waals surface area contributed by atoms with E-state index in [0.29, 0.717) is 32.4 Å². The maximum atomic E-state index is 12.2. The molecule has 0 spiro atoms. The number of β-amino-alcohol motifs (C(OH)–C–C–N with tert-alkyl or cyclic N) is 1. The Balaban J connectivity index is 1.56. The lowest BCUT2D eigenvalue weighted by Gasteiger charge is -2.27. The second kappa shape index (κ2) is 6.99. The van der Waals surface area contributed by atoms with Gasteiger partial charge in [0.05, 0.1) is 6.10 Å². The van der Waals surface area contributed by atoms with Crippen LogP contribution in [0.25, 0.3) is 0 Å². The number of amides is 1. The Morgan fingerprint density at radius 1 is 1.26 bits per heavy atom. The molecule has 1 aliphatic carbocycles. The van der Waals surface area contributed by atoms with Crippen molar-refractivity contribution in [1.29, 1.82) is 0 Å². The second-order valence-corrected chi connectivity index (χ2v) is 6.91. The topological polar surface area (TPSA) is 72.8 Å². The number of aliphatic hydroxyl groups excluding tert-OH is 1. The van der Waals surface area contributed by atoms with Gasteiger partial charge in [0.15, 0.2) is 0 Å². The Kier molecular flexibility index (Phi) is 4.99. The minimum atomic E-state index is -1.18. The molecule has 0 bridgehead atoms. The summed E-state index contributed by atoms with van der Waals surface area (Å²) >= 11 is 0. The van der Waals surface area contributed by atoms with Crippen LogP contribution < -0.4 is 5.32 Å². The zero-order chi connectivity index (χ0) is 16.3. The number of carbonyl (C=O) groups excluding carboxylic acids is 1. The lowest BCUT2D eigenvalue weighted by atomic mass is 10.0. The van der Waals surface area contributed by atoms with Gasteiger partial charge < -0.3 is 15.5 Å². The molecule has 1 aromatic rings. The molecule has 1 saturated heterocycles. The number of aliphatic hydroxyl groups is 2. The van der Waals surface area contributed by atoms with Gasteiger partial charge in [-0.2, -0.15) is 0 Å². The van der Waals surface area contributed by atoms with Crippen LogP contribution in [0.5, 0.6) is 0 Å². The molecule has 1 aromatic carbocycles. The fourth-order valence-electron chi connectivity index (χ4n) is 3.74. The molecule has 0 radical (unpaired) electrons. The average Bonchev–Trinajstić information content (AvgIpc) is 3.13. The summed E-state index contributed by atoms with van der Waals surface area (Å²) < 4.78 is 0. The maximum Gasteiger partial charge on any atom is 0.252 e. The van der Waals surface area contributed by atoms with Gasteiger partial charge in [0.25, 0.3) is 5.91 Å². The van der Waals surface area contributed by atoms with Crippen molar-refractivity contribution in [2.45, 2.75) is 56.4 Å². The first kappa shape index (κ1) is 16.4. The third-order valence-electron chi connectivity index (χ3n) is 5.09. The molecule has 2 atom stereocenters. The van der Waals surface area contributed by atoms with E-state index >= 15 is 0 Å². The Morgan fingerprint density at radius 2 is 1.96 bits per heavy atom. The van der Waals surface area contributed by atoms with E-state index in [2.05, 4.69) is 22.3 Å².